The van der Waals surface area contributed by atoms with Crippen molar-refractivity contribution in [2.75, 3.05) is 0 Å². The molecule has 0 unspecified atom stereocenters. The molecule has 0 fully saturated rings. The van der Waals surface area contributed by atoms with Crippen LogP contribution in [0.25, 0.3) is 0 Å². The lowest BCUT2D eigenvalue weighted by Crippen LogP contribution is -2.41. The molecule has 6 heteroatoms. The van der Waals surface area contributed by atoms with Crippen LogP contribution in [-0.2, 0) is 11.3 Å². The van der Waals surface area contributed by atoms with Gasteiger partial charge in [0.25, 0.3) is 5.91 Å². The number of carbonyl (C=O) groups excluding carboxylic acids is 1. The maximum atomic E-state index is 12.0. The average Bonchev–Trinajstić information content (AvgIpc) is 2.74. The smallest absolute Gasteiger partial charge is 0.326 e. The molecule has 1 amide bonds. The fourth-order valence-electron chi connectivity index (χ4n) is 1.89. The molecule has 1 aromatic rings. The van der Waals surface area contributed by atoms with Crippen molar-refractivity contribution in [3.05, 3.63) is 18.0 Å². The molecule has 1 aromatic heterocycles. The van der Waals surface area contributed by atoms with Gasteiger partial charge < -0.3 is 10.4 Å². The number of carboxylic acids is 1. The molecule has 1 heterocycles. The second-order valence-electron chi connectivity index (χ2n) is 5.84. The normalized spacial score (nSPS) is 12.7. The molecule has 0 aromatic carbocycles. The topological polar surface area (TPSA) is 84.2 Å². The number of aromatic nitrogens is 2. The summed E-state index contributed by atoms with van der Waals surface area (Å²) in [6.07, 6.45) is 3.51. The summed E-state index contributed by atoms with van der Waals surface area (Å²) in [5.41, 5.74) is 0.389. The van der Waals surface area contributed by atoms with Crippen LogP contribution >= 0.6 is 0 Å². The van der Waals surface area contributed by atoms with Gasteiger partial charge >= 0.3 is 5.97 Å². The van der Waals surface area contributed by atoms with Gasteiger partial charge in [0.15, 0.2) is 0 Å². The van der Waals surface area contributed by atoms with Crippen LogP contribution in [0.15, 0.2) is 12.4 Å². The Bertz CT molecular complexity index is 466. The van der Waals surface area contributed by atoms with Crippen molar-refractivity contribution in [1.29, 1.82) is 0 Å². The van der Waals surface area contributed by atoms with Gasteiger partial charge in [0.05, 0.1) is 11.8 Å². The fourth-order valence-corrected chi connectivity index (χ4v) is 1.89. The molecule has 1 rings (SSSR count). The summed E-state index contributed by atoms with van der Waals surface area (Å²) in [6, 6.07) is -0.865. The van der Waals surface area contributed by atoms with Gasteiger partial charge in [-0.15, -0.1) is 0 Å². The number of carboxylic acid groups (broad SMARTS) is 1. The third-order valence-corrected chi connectivity index (χ3v) is 2.76. The van der Waals surface area contributed by atoms with Crippen LogP contribution in [0, 0.1) is 11.8 Å². The highest BCUT2D eigenvalue weighted by Gasteiger charge is 2.22. The van der Waals surface area contributed by atoms with E-state index in [1.54, 1.807) is 10.9 Å². The number of rotatable bonds is 7. The summed E-state index contributed by atoms with van der Waals surface area (Å²) in [5, 5.41) is 15.7. The summed E-state index contributed by atoms with van der Waals surface area (Å²) < 4.78 is 1.69. The summed E-state index contributed by atoms with van der Waals surface area (Å²) >= 11 is 0. The third kappa shape index (κ3) is 5.03. The number of hydrogen-bond donors (Lipinski definition) is 2. The Kier molecular flexibility index (Phi) is 5.73. The third-order valence-electron chi connectivity index (χ3n) is 2.76. The molecule has 6 nitrogen and oxygen atoms in total. The van der Waals surface area contributed by atoms with Crippen LogP contribution < -0.4 is 5.32 Å². The highest BCUT2D eigenvalue weighted by molar-refractivity contribution is 5.96. The standard InChI is InChI=1S/C14H23N3O3/c1-9(2)5-12(14(19)20)16-13(18)11-6-15-17(8-11)7-10(3)4/h6,8-10,12H,5,7H2,1-4H3,(H,16,18)(H,19,20)/t12-/m0/s1. The lowest BCUT2D eigenvalue weighted by Gasteiger charge is -2.15. The van der Waals surface area contributed by atoms with Crippen molar-refractivity contribution in [2.24, 2.45) is 11.8 Å². The summed E-state index contributed by atoms with van der Waals surface area (Å²) in [7, 11) is 0. The van der Waals surface area contributed by atoms with E-state index in [0.29, 0.717) is 17.9 Å². The highest BCUT2D eigenvalue weighted by atomic mass is 16.4. The average molecular weight is 281 g/mol. The Morgan fingerprint density at radius 2 is 1.95 bits per heavy atom. The lowest BCUT2D eigenvalue weighted by atomic mass is 10.0. The zero-order valence-electron chi connectivity index (χ0n) is 12.5. The molecular formula is C14H23N3O3. The monoisotopic (exact) mass is 281 g/mol. The van der Waals surface area contributed by atoms with Crippen molar-refractivity contribution in [2.45, 2.75) is 46.7 Å². The molecule has 0 aliphatic rings. The molecule has 0 radical (unpaired) electrons. The highest BCUT2D eigenvalue weighted by Crippen LogP contribution is 2.07. The van der Waals surface area contributed by atoms with E-state index in [2.05, 4.69) is 24.3 Å². The number of amides is 1. The number of nitrogens with zero attached hydrogens (tertiary/aromatic N) is 2. The number of nitrogens with one attached hydrogen (secondary N) is 1. The Morgan fingerprint density at radius 1 is 1.30 bits per heavy atom. The zero-order chi connectivity index (χ0) is 15.3. The van der Waals surface area contributed by atoms with Crippen LogP contribution in [0.4, 0.5) is 0 Å². The van der Waals surface area contributed by atoms with Gasteiger partial charge in [-0.3, -0.25) is 9.48 Å². The molecule has 1 atom stereocenters. The number of hydrogen-bond acceptors (Lipinski definition) is 3. The van der Waals surface area contributed by atoms with Gasteiger partial charge in [-0.25, -0.2) is 4.79 Å². The zero-order valence-corrected chi connectivity index (χ0v) is 12.5. The van der Waals surface area contributed by atoms with E-state index in [1.807, 2.05) is 13.8 Å². The maximum absolute atomic E-state index is 12.0. The molecule has 0 saturated carbocycles. The second kappa shape index (κ2) is 7.07. The van der Waals surface area contributed by atoms with Gasteiger partial charge in [-0.05, 0) is 18.3 Å². The first kappa shape index (κ1) is 16.2. The Balaban J connectivity index is 2.69. The minimum Gasteiger partial charge on any atom is -0.480 e. The van der Waals surface area contributed by atoms with Crippen LogP contribution in [-0.4, -0.2) is 32.8 Å². The molecule has 0 bridgehead atoms. The summed E-state index contributed by atoms with van der Waals surface area (Å²) in [4.78, 5) is 23.1. The van der Waals surface area contributed by atoms with E-state index in [0.717, 1.165) is 6.54 Å². The minimum atomic E-state index is -1.01. The minimum absolute atomic E-state index is 0.195. The largest absolute Gasteiger partial charge is 0.480 e. The first-order chi connectivity index (χ1) is 9.29. The molecule has 20 heavy (non-hydrogen) atoms. The van der Waals surface area contributed by atoms with Gasteiger partial charge in [0.2, 0.25) is 0 Å². The van der Waals surface area contributed by atoms with Crippen molar-refractivity contribution in [3.8, 4) is 0 Å². The van der Waals surface area contributed by atoms with Crippen LogP contribution in [0.3, 0.4) is 0 Å². The van der Waals surface area contributed by atoms with E-state index >= 15 is 0 Å². The van der Waals surface area contributed by atoms with Crippen LogP contribution in [0.1, 0.15) is 44.5 Å². The maximum Gasteiger partial charge on any atom is 0.326 e. The van der Waals surface area contributed by atoms with Gasteiger partial charge in [-0.2, -0.15) is 5.10 Å². The SMILES string of the molecule is CC(C)C[C@H](NC(=O)c1cnn(CC(C)C)c1)C(=O)O. The molecule has 0 saturated heterocycles. The predicted molar refractivity (Wildman–Crippen MR) is 75.4 cm³/mol. The number of carbonyl (C=O) groups is 2. The van der Waals surface area contributed by atoms with E-state index in [4.69, 9.17) is 5.11 Å². The number of aliphatic carboxylic acids is 1. The van der Waals surface area contributed by atoms with E-state index < -0.39 is 17.9 Å². The lowest BCUT2D eigenvalue weighted by molar-refractivity contribution is -0.139. The van der Waals surface area contributed by atoms with Gasteiger partial charge in [0.1, 0.15) is 6.04 Å². The fraction of sp³-hybridized carbons (Fsp3) is 0.643. The van der Waals surface area contributed by atoms with Gasteiger partial charge in [-0.1, -0.05) is 27.7 Å². The first-order valence-corrected chi connectivity index (χ1v) is 6.85. The van der Waals surface area contributed by atoms with Crippen LogP contribution in [0.5, 0.6) is 0 Å². The predicted octanol–water partition coefficient (Wildman–Crippen LogP) is 1.77. The van der Waals surface area contributed by atoms with E-state index in [1.165, 1.54) is 6.20 Å². The molecule has 0 aliphatic carbocycles. The Morgan fingerprint density at radius 3 is 2.45 bits per heavy atom. The second-order valence-corrected chi connectivity index (χ2v) is 5.84. The Labute approximate surface area is 119 Å². The van der Waals surface area contributed by atoms with Crippen molar-refractivity contribution in [1.82, 2.24) is 15.1 Å². The molecule has 0 spiro atoms. The summed E-state index contributed by atoms with van der Waals surface area (Å²) in [5.74, 6) is -0.784. The molecule has 2 N–H and O–H groups in total. The van der Waals surface area contributed by atoms with Gasteiger partial charge in [0, 0.05) is 12.7 Å². The van der Waals surface area contributed by atoms with Crippen LogP contribution in [0.2, 0.25) is 0 Å². The molecule has 112 valence electrons. The molecule has 0 aliphatic heterocycles. The quantitative estimate of drug-likeness (QED) is 0.797. The van der Waals surface area contributed by atoms with Crippen molar-refractivity contribution < 1.29 is 14.7 Å². The summed E-state index contributed by atoms with van der Waals surface area (Å²) in [6.45, 7) is 8.68. The molecular weight excluding hydrogens is 258 g/mol. The van der Waals surface area contributed by atoms with Crippen molar-refractivity contribution in [3.63, 3.8) is 0 Å². The Hall–Kier alpha value is -1.85. The first-order valence-electron chi connectivity index (χ1n) is 6.85. The van der Waals surface area contributed by atoms with E-state index in [9.17, 15) is 9.59 Å². The van der Waals surface area contributed by atoms with Crippen molar-refractivity contribution >= 4 is 11.9 Å². The van der Waals surface area contributed by atoms with E-state index in [-0.39, 0.29) is 5.92 Å².